The third-order valence-electron chi connectivity index (χ3n) is 4.88. The number of hydrogen-bond donors (Lipinski definition) is 0. The van der Waals surface area contributed by atoms with E-state index in [1.165, 1.54) is 59.0 Å². The van der Waals surface area contributed by atoms with E-state index < -0.39 is 0 Å². The van der Waals surface area contributed by atoms with Gasteiger partial charge in [-0.25, -0.2) is 0 Å². The van der Waals surface area contributed by atoms with E-state index in [0.717, 1.165) is 6.54 Å². The number of fused-ring (bicyclic) bond motifs is 3. The lowest BCUT2D eigenvalue weighted by molar-refractivity contribution is 0.827. The van der Waals surface area contributed by atoms with E-state index in [0.29, 0.717) is 10.9 Å². The molecule has 3 rings (SSSR count). The molecule has 0 saturated heterocycles. The molecular formula is C22H30NS+. The van der Waals surface area contributed by atoms with Gasteiger partial charge in [0.1, 0.15) is 11.5 Å². The zero-order chi connectivity index (χ0) is 16.9. The number of aryl methyl sites for hydroxylation is 1. The second-order valence-electron chi connectivity index (χ2n) is 6.55. The number of benzene rings is 2. The van der Waals surface area contributed by atoms with Gasteiger partial charge in [-0.1, -0.05) is 44.9 Å². The predicted octanol–water partition coefficient (Wildman–Crippen LogP) is 6.39. The summed E-state index contributed by atoms with van der Waals surface area (Å²) in [5.41, 5.74) is 2.76. The Balaban J connectivity index is 2.07. The van der Waals surface area contributed by atoms with Crippen molar-refractivity contribution < 1.29 is 0 Å². The Kier molecular flexibility index (Phi) is 5.89. The first-order valence-electron chi connectivity index (χ1n) is 9.48. The molecule has 0 spiro atoms. The normalized spacial score (nSPS) is 11.8. The van der Waals surface area contributed by atoms with E-state index in [9.17, 15) is 0 Å². The maximum Gasteiger partial charge on any atom is 0.155 e. The third kappa shape index (κ3) is 3.35. The first-order chi connectivity index (χ1) is 11.8. The van der Waals surface area contributed by atoms with Crippen LogP contribution in [0.1, 0.15) is 46.5 Å². The minimum atomic E-state index is 0.411. The van der Waals surface area contributed by atoms with Gasteiger partial charge in [0.15, 0.2) is 4.90 Å². The van der Waals surface area contributed by atoms with E-state index in [-0.39, 0.29) is 0 Å². The monoisotopic (exact) mass is 340 g/mol. The predicted molar refractivity (Wildman–Crippen MR) is 110 cm³/mol. The average Bonchev–Trinajstić information content (AvgIpc) is 2.95. The molecular weight excluding hydrogens is 310 g/mol. The molecule has 2 aromatic carbocycles. The maximum absolute atomic E-state index is 2.50. The second kappa shape index (κ2) is 8.11. The topological polar surface area (TPSA) is 4.93 Å². The summed E-state index contributed by atoms with van der Waals surface area (Å²) in [6.45, 7) is 7.88. The van der Waals surface area contributed by atoms with Crippen LogP contribution < -0.4 is 0 Å². The molecule has 0 aliphatic rings. The smallest absolute Gasteiger partial charge is 0.155 e. The van der Waals surface area contributed by atoms with E-state index in [4.69, 9.17) is 0 Å². The zero-order valence-electron chi connectivity index (χ0n) is 15.3. The van der Waals surface area contributed by atoms with Crippen molar-refractivity contribution >= 4 is 32.7 Å². The Labute approximate surface area is 149 Å². The quantitative estimate of drug-likeness (QED) is 0.419. The molecule has 3 aromatic rings. The summed E-state index contributed by atoms with van der Waals surface area (Å²) in [5, 5.41) is 2.85. The molecule has 1 aromatic heterocycles. The Bertz CT molecular complexity index is 794. The van der Waals surface area contributed by atoms with Crippen LogP contribution in [0.15, 0.2) is 47.4 Å². The van der Waals surface area contributed by atoms with Crippen LogP contribution >= 0.6 is 0 Å². The summed E-state index contributed by atoms with van der Waals surface area (Å²) in [6, 6.07) is 16.1. The molecule has 0 fully saturated rings. The first-order valence-corrected chi connectivity index (χ1v) is 11.0. The van der Waals surface area contributed by atoms with Crippen LogP contribution in [0, 0.1) is 0 Å². The summed E-state index contributed by atoms with van der Waals surface area (Å²) >= 11 is 0. The van der Waals surface area contributed by atoms with Gasteiger partial charge in [-0.15, -0.1) is 0 Å². The van der Waals surface area contributed by atoms with E-state index in [2.05, 4.69) is 67.8 Å². The van der Waals surface area contributed by atoms with Crippen LogP contribution in [0.5, 0.6) is 0 Å². The molecule has 0 aliphatic carbocycles. The average molecular weight is 341 g/mol. The minimum Gasteiger partial charge on any atom is -0.341 e. The lowest BCUT2D eigenvalue weighted by atomic mass is 10.1. The van der Waals surface area contributed by atoms with E-state index >= 15 is 0 Å². The minimum absolute atomic E-state index is 0.411. The van der Waals surface area contributed by atoms with E-state index in [1.807, 2.05) is 0 Å². The molecule has 1 nitrogen and oxygen atoms in total. The van der Waals surface area contributed by atoms with Crippen molar-refractivity contribution in [3.8, 4) is 0 Å². The fourth-order valence-corrected chi connectivity index (χ4v) is 6.02. The second-order valence-corrected chi connectivity index (χ2v) is 8.82. The Morgan fingerprint density at radius 3 is 2.12 bits per heavy atom. The maximum atomic E-state index is 2.50. The van der Waals surface area contributed by atoms with Gasteiger partial charge in [0.2, 0.25) is 0 Å². The molecule has 0 N–H and O–H groups in total. The lowest BCUT2D eigenvalue weighted by Gasteiger charge is -2.09. The van der Waals surface area contributed by atoms with Crippen LogP contribution in [0.3, 0.4) is 0 Å². The van der Waals surface area contributed by atoms with Crippen molar-refractivity contribution in [3.05, 3.63) is 42.5 Å². The third-order valence-corrected chi connectivity index (χ3v) is 7.37. The Hall–Kier alpha value is -1.41. The van der Waals surface area contributed by atoms with Crippen molar-refractivity contribution in [2.24, 2.45) is 0 Å². The fourth-order valence-electron chi connectivity index (χ4n) is 3.53. The van der Waals surface area contributed by atoms with Gasteiger partial charge in [-0.05, 0) is 38.0 Å². The molecule has 0 amide bonds. The van der Waals surface area contributed by atoms with Gasteiger partial charge in [0.25, 0.3) is 0 Å². The standard InChI is InChI=1S/C22H30NS/c1-4-7-15-24(16-8-5-2)18-13-14-22-20(17-18)19-11-9-10-12-21(19)23(22)6-3/h9-14,17H,4-8,15-16H2,1-3H3/q+1. The summed E-state index contributed by atoms with van der Waals surface area (Å²) < 4.78 is 2.45. The van der Waals surface area contributed by atoms with Gasteiger partial charge in [-0.3, -0.25) is 0 Å². The number of rotatable bonds is 8. The number of hydrogen-bond acceptors (Lipinski definition) is 0. The van der Waals surface area contributed by atoms with Gasteiger partial charge in [0, 0.05) is 45.3 Å². The van der Waals surface area contributed by atoms with Crippen molar-refractivity contribution in [1.29, 1.82) is 0 Å². The lowest BCUT2D eigenvalue weighted by Crippen LogP contribution is -2.12. The molecule has 0 unspecified atom stereocenters. The van der Waals surface area contributed by atoms with Crippen molar-refractivity contribution in [2.45, 2.75) is 57.9 Å². The Morgan fingerprint density at radius 1 is 0.792 bits per heavy atom. The molecule has 1 heterocycles. The van der Waals surface area contributed by atoms with Crippen LogP contribution in [0.2, 0.25) is 0 Å². The summed E-state index contributed by atoms with van der Waals surface area (Å²) in [6.07, 6.45) is 5.29. The summed E-state index contributed by atoms with van der Waals surface area (Å²) in [4.78, 5) is 1.57. The highest BCUT2D eigenvalue weighted by atomic mass is 32.2. The SMILES string of the molecule is CCCC[S+](CCCC)c1ccc2c(c1)c1ccccc1n2CC. The van der Waals surface area contributed by atoms with Crippen LogP contribution in [-0.4, -0.2) is 16.1 Å². The first kappa shape index (κ1) is 17.4. The van der Waals surface area contributed by atoms with Gasteiger partial charge >= 0.3 is 0 Å². The molecule has 0 aliphatic heterocycles. The van der Waals surface area contributed by atoms with Crippen molar-refractivity contribution in [3.63, 3.8) is 0 Å². The zero-order valence-corrected chi connectivity index (χ0v) is 16.2. The van der Waals surface area contributed by atoms with Crippen molar-refractivity contribution in [2.75, 3.05) is 11.5 Å². The summed E-state index contributed by atoms with van der Waals surface area (Å²) in [7, 11) is 0.411. The molecule has 24 heavy (non-hydrogen) atoms. The molecule has 0 saturated carbocycles. The van der Waals surface area contributed by atoms with Crippen molar-refractivity contribution in [1.82, 2.24) is 4.57 Å². The highest BCUT2D eigenvalue weighted by Crippen LogP contribution is 2.31. The fraction of sp³-hybridized carbons (Fsp3) is 0.455. The molecule has 0 atom stereocenters. The number of unbranched alkanes of at least 4 members (excludes halogenated alkanes) is 2. The van der Waals surface area contributed by atoms with Crippen LogP contribution in [0.4, 0.5) is 0 Å². The molecule has 128 valence electrons. The molecule has 2 heteroatoms. The number of aromatic nitrogens is 1. The van der Waals surface area contributed by atoms with Gasteiger partial charge in [-0.2, -0.15) is 0 Å². The molecule has 0 bridgehead atoms. The van der Waals surface area contributed by atoms with Gasteiger partial charge < -0.3 is 4.57 Å². The van der Waals surface area contributed by atoms with Crippen LogP contribution in [-0.2, 0) is 17.4 Å². The number of para-hydroxylation sites is 1. The highest BCUT2D eigenvalue weighted by molar-refractivity contribution is 7.96. The largest absolute Gasteiger partial charge is 0.341 e. The van der Waals surface area contributed by atoms with E-state index in [1.54, 1.807) is 4.90 Å². The van der Waals surface area contributed by atoms with Crippen LogP contribution in [0.25, 0.3) is 21.8 Å². The Morgan fingerprint density at radius 2 is 1.46 bits per heavy atom. The van der Waals surface area contributed by atoms with Gasteiger partial charge in [0.05, 0.1) is 0 Å². The molecule has 0 radical (unpaired) electrons. The highest BCUT2D eigenvalue weighted by Gasteiger charge is 2.22. The number of nitrogens with zero attached hydrogens (tertiary/aromatic N) is 1. The summed E-state index contributed by atoms with van der Waals surface area (Å²) in [5.74, 6) is 2.71.